The van der Waals surface area contributed by atoms with Crippen LogP contribution < -0.4 is 5.32 Å². The van der Waals surface area contributed by atoms with Crippen molar-refractivity contribution in [2.45, 2.75) is 33.4 Å². The maximum atomic E-state index is 13.5. The van der Waals surface area contributed by atoms with E-state index < -0.39 is 6.43 Å². The zero-order valence-corrected chi connectivity index (χ0v) is 18.4. The fraction of sp³-hybridized carbons (Fsp3) is 0.238. The lowest BCUT2D eigenvalue weighted by Crippen LogP contribution is -2.20. The monoisotopic (exact) mass is 488 g/mol. The van der Waals surface area contributed by atoms with Crippen molar-refractivity contribution >= 4 is 38.6 Å². The van der Waals surface area contributed by atoms with E-state index in [4.69, 9.17) is 0 Å². The van der Waals surface area contributed by atoms with Gasteiger partial charge in [-0.15, -0.1) is 0 Å². The van der Waals surface area contributed by atoms with E-state index in [1.54, 1.807) is 30.8 Å². The molecule has 3 aromatic heterocycles. The number of nitrogens with zero attached hydrogens (tertiary/aromatic N) is 5. The van der Waals surface area contributed by atoms with Gasteiger partial charge >= 0.3 is 0 Å². The van der Waals surface area contributed by atoms with E-state index >= 15 is 0 Å². The van der Waals surface area contributed by atoms with Crippen LogP contribution in [0.4, 0.5) is 14.5 Å². The molecule has 160 valence electrons. The molecule has 1 amide bonds. The Morgan fingerprint density at radius 3 is 2.77 bits per heavy atom. The summed E-state index contributed by atoms with van der Waals surface area (Å²) in [6.07, 6.45) is 0.920. The van der Waals surface area contributed by atoms with Crippen molar-refractivity contribution in [2.24, 2.45) is 0 Å². The van der Waals surface area contributed by atoms with E-state index in [1.165, 1.54) is 10.7 Å². The van der Waals surface area contributed by atoms with Crippen LogP contribution in [-0.4, -0.2) is 30.5 Å². The molecular formula is C21H19BrF2N6O. The number of nitrogens with one attached hydrogen (secondary N) is 1. The minimum atomic E-state index is -2.65. The first-order valence-electron chi connectivity index (χ1n) is 9.49. The summed E-state index contributed by atoms with van der Waals surface area (Å²) in [6, 6.07) is 8.78. The van der Waals surface area contributed by atoms with Crippen molar-refractivity contribution in [3.8, 4) is 0 Å². The van der Waals surface area contributed by atoms with Gasteiger partial charge in [0.05, 0.1) is 28.3 Å². The maximum Gasteiger partial charge on any atom is 0.264 e. The third-order valence-electron chi connectivity index (χ3n) is 4.72. The number of carbonyl (C=O) groups is 1. The maximum absolute atomic E-state index is 13.5. The van der Waals surface area contributed by atoms with Gasteiger partial charge in [0, 0.05) is 23.1 Å². The van der Waals surface area contributed by atoms with Crippen LogP contribution in [0.5, 0.6) is 0 Å². The molecule has 0 aliphatic carbocycles. The number of anilines is 1. The van der Waals surface area contributed by atoms with E-state index in [0.29, 0.717) is 29.0 Å². The molecule has 0 spiro atoms. The van der Waals surface area contributed by atoms with E-state index in [0.717, 1.165) is 10.0 Å². The van der Waals surface area contributed by atoms with Crippen LogP contribution >= 0.6 is 15.9 Å². The SMILES string of the molecule is Cc1cc(C(F)F)c2c(C)nn(CC(=O)Nc3cccc(Cn4cc(Br)cn4)c3)c2n1. The lowest BCUT2D eigenvalue weighted by Gasteiger charge is -2.09. The second-order valence-electron chi connectivity index (χ2n) is 7.20. The summed E-state index contributed by atoms with van der Waals surface area (Å²) in [7, 11) is 0. The summed E-state index contributed by atoms with van der Waals surface area (Å²) >= 11 is 3.36. The van der Waals surface area contributed by atoms with Gasteiger partial charge in [-0.2, -0.15) is 10.2 Å². The highest BCUT2D eigenvalue weighted by molar-refractivity contribution is 9.10. The number of carbonyl (C=O) groups excluding carboxylic acids is 1. The largest absolute Gasteiger partial charge is 0.324 e. The Hall–Kier alpha value is -3.14. The van der Waals surface area contributed by atoms with Gasteiger partial charge in [0.1, 0.15) is 6.54 Å². The van der Waals surface area contributed by atoms with E-state index in [2.05, 4.69) is 36.4 Å². The summed E-state index contributed by atoms with van der Waals surface area (Å²) in [5.74, 6) is -0.328. The Labute approximate surface area is 185 Å². The number of benzene rings is 1. The van der Waals surface area contributed by atoms with Crippen LogP contribution in [-0.2, 0) is 17.9 Å². The van der Waals surface area contributed by atoms with Crippen LogP contribution in [0.3, 0.4) is 0 Å². The molecule has 0 fully saturated rings. The van der Waals surface area contributed by atoms with Crippen LogP contribution in [0.1, 0.15) is 28.9 Å². The number of pyridine rings is 1. The van der Waals surface area contributed by atoms with Crippen molar-refractivity contribution in [3.05, 3.63) is 69.7 Å². The van der Waals surface area contributed by atoms with E-state index in [-0.39, 0.29) is 23.7 Å². The van der Waals surface area contributed by atoms with Crippen LogP contribution in [0.15, 0.2) is 47.2 Å². The zero-order chi connectivity index (χ0) is 22.1. The number of hydrogen-bond acceptors (Lipinski definition) is 4. The fourth-order valence-corrected chi connectivity index (χ4v) is 3.82. The summed E-state index contributed by atoms with van der Waals surface area (Å²) < 4.78 is 30.9. The number of fused-ring (bicyclic) bond motifs is 1. The van der Waals surface area contributed by atoms with Gasteiger partial charge in [-0.05, 0) is 53.5 Å². The molecule has 0 atom stereocenters. The molecule has 3 heterocycles. The third-order valence-corrected chi connectivity index (χ3v) is 5.13. The molecule has 0 aliphatic rings. The number of rotatable bonds is 6. The van der Waals surface area contributed by atoms with E-state index in [9.17, 15) is 13.6 Å². The van der Waals surface area contributed by atoms with Crippen molar-refractivity contribution < 1.29 is 13.6 Å². The predicted molar refractivity (Wildman–Crippen MR) is 116 cm³/mol. The Kier molecular flexibility index (Phi) is 5.81. The number of aromatic nitrogens is 5. The average molecular weight is 489 g/mol. The first-order valence-corrected chi connectivity index (χ1v) is 10.3. The van der Waals surface area contributed by atoms with E-state index in [1.807, 2.05) is 24.4 Å². The topological polar surface area (TPSA) is 77.6 Å². The number of hydrogen-bond donors (Lipinski definition) is 1. The second-order valence-corrected chi connectivity index (χ2v) is 8.12. The van der Waals surface area contributed by atoms with Crippen LogP contribution in [0.2, 0.25) is 0 Å². The number of halogens is 3. The first kappa shape index (κ1) is 21.1. The van der Waals surface area contributed by atoms with Crippen LogP contribution in [0.25, 0.3) is 11.0 Å². The number of alkyl halides is 2. The van der Waals surface area contributed by atoms with Gasteiger partial charge in [-0.1, -0.05) is 12.1 Å². The van der Waals surface area contributed by atoms with Gasteiger partial charge in [0.25, 0.3) is 6.43 Å². The second kappa shape index (κ2) is 8.54. The molecule has 0 aliphatic heterocycles. The smallest absolute Gasteiger partial charge is 0.264 e. The molecule has 31 heavy (non-hydrogen) atoms. The lowest BCUT2D eigenvalue weighted by atomic mass is 10.1. The molecule has 4 rings (SSSR count). The highest BCUT2D eigenvalue weighted by Gasteiger charge is 2.20. The minimum absolute atomic E-state index is 0.121. The Balaban J connectivity index is 1.53. The molecule has 0 bridgehead atoms. The molecular weight excluding hydrogens is 470 g/mol. The summed E-state index contributed by atoms with van der Waals surface area (Å²) in [6.45, 7) is 3.69. The fourth-order valence-electron chi connectivity index (χ4n) is 3.50. The predicted octanol–water partition coefficient (Wildman–Crippen LogP) is 4.63. The number of aryl methyl sites for hydroxylation is 2. The summed E-state index contributed by atoms with van der Waals surface area (Å²) in [4.78, 5) is 17.0. The summed E-state index contributed by atoms with van der Waals surface area (Å²) in [5, 5.41) is 11.6. The normalized spacial score (nSPS) is 11.4. The highest BCUT2D eigenvalue weighted by Crippen LogP contribution is 2.30. The highest BCUT2D eigenvalue weighted by atomic mass is 79.9. The first-order chi connectivity index (χ1) is 14.8. The van der Waals surface area contributed by atoms with Gasteiger partial charge in [-0.25, -0.2) is 18.4 Å². The van der Waals surface area contributed by atoms with Crippen molar-refractivity contribution in [3.63, 3.8) is 0 Å². The molecule has 1 N–H and O–H groups in total. The van der Waals surface area contributed by atoms with Crippen molar-refractivity contribution in [1.82, 2.24) is 24.5 Å². The molecule has 0 radical (unpaired) electrons. The molecule has 10 heteroatoms. The molecule has 0 saturated carbocycles. The molecule has 7 nitrogen and oxygen atoms in total. The molecule has 4 aromatic rings. The third kappa shape index (κ3) is 4.63. The molecule has 0 saturated heterocycles. The lowest BCUT2D eigenvalue weighted by molar-refractivity contribution is -0.116. The zero-order valence-electron chi connectivity index (χ0n) is 16.8. The Morgan fingerprint density at radius 2 is 2.06 bits per heavy atom. The average Bonchev–Trinajstić information content (AvgIpc) is 3.24. The van der Waals surface area contributed by atoms with Crippen molar-refractivity contribution in [2.75, 3.05) is 5.32 Å². The van der Waals surface area contributed by atoms with Gasteiger partial charge in [-0.3, -0.25) is 9.48 Å². The quantitative estimate of drug-likeness (QED) is 0.429. The van der Waals surface area contributed by atoms with Crippen molar-refractivity contribution in [1.29, 1.82) is 0 Å². The Bertz CT molecular complexity index is 1270. The minimum Gasteiger partial charge on any atom is -0.324 e. The van der Waals surface area contributed by atoms with Gasteiger partial charge in [0.15, 0.2) is 5.65 Å². The Morgan fingerprint density at radius 1 is 1.26 bits per heavy atom. The molecule has 0 unspecified atom stereocenters. The molecule has 1 aromatic carbocycles. The number of amides is 1. The van der Waals surface area contributed by atoms with Crippen LogP contribution in [0, 0.1) is 13.8 Å². The standard InChI is InChI=1S/C21H19BrF2N6O/c1-12-6-17(20(23)24)19-13(2)28-30(21(19)26-12)11-18(31)27-16-5-3-4-14(7-16)9-29-10-15(22)8-25-29/h3-8,10,20H,9,11H2,1-2H3,(H,27,31). The summed E-state index contributed by atoms with van der Waals surface area (Å²) in [5.41, 5.74) is 2.61. The van der Waals surface area contributed by atoms with Gasteiger partial charge < -0.3 is 5.32 Å². The van der Waals surface area contributed by atoms with Gasteiger partial charge in [0.2, 0.25) is 5.91 Å².